The Balaban J connectivity index is 3.10. The average Bonchev–Trinajstić information content (AvgIpc) is 2.36. The lowest BCUT2D eigenvalue weighted by molar-refractivity contribution is -0.122. The molecule has 1 aromatic carbocycles. The van der Waals surface area contributed by atoms with Gasteiger partial charge < -0.3 is 5.11 Å². The van der Waals surface area contributed by atoms with Crippen LogP contribution in [0.4, 0.5) is 17.6 Å². The van der Waals surface area contributed by atoms with Crippen LogP contribution in [0, 0.1) is 0 Å². The van der Waals surface area contributed by atoms with Crippen molar-refractivity contribution >= 4 is 33.2 Å². The number of alkyl halides is 4. The molecule has 0 saturated heterocycles. The van der Waals surface area contributed by atoms with Crippen molar-refractivity contribution in [3.63, 3.8) is 0 Å². The van der Waals surface area contributed by atoms with E-state index in [1.54, 1.807) is 0 Å². The zero-order chi connectivity index (χ0) is 16.4. The highest BCUT2D eigenvalue weighted by molar-refractivity contribution is 7.89. The summed E-state index contributed by atoms with van der Waals surface area (Å²) < 4.78 is 74.4. The second-order valence-corrected chi connectivity index (χ2v) is 6.40. The number of aliphatic hydroxyl groups is 1. The van der Waals surface area contributed by atoms with Crippen LogP contribution in [0.3, 0.4) is 0 Å². The van der Waals surface area contributed by atoms with Crippen LogP contribution in [-0.2, 0) is 16.6 Å². The molecule has 0 fully saturated rings. The molecule has 1 aromatic rings. The molecule has 0 saturated carbocycles. The molecule has 0 atom stereocenters. The van der Waals surface area contributed by atoms with Crippen LogP contribution < -0.4 is 4.72 Å². The number of rotatable bonds is 6. The summed E-state index contributed by atoms with van der Waals surface area (Å²) in [7, 11) is -4.57. The molecule has 4 nitrogen and oxygen atoms in total. The molecule has 0 unspecified atom stereocenters. The molecule has 0 aliphatic carbocycles. The Morgan fingerprint density at radius 3 is 2.33 bits per heavy atom. The average molecular weight is 370 g/mol. The molecule has 0 aliphatic heterocycles. The van der Waals surface area contributed by atoms with Crippen LogP contribution in [-0.4, -0.2) is 32.4 Å². The van der Waals surface area contributed by atoms with E-state index in [0.29, 0.717) is 0 Å². The first-order chi connectivity index (χ1) is 9.53. The van der Waals surface area contributed by atoms with Gasteiger partial charge in [-0.05, 0) is 12.1 Å². The van der Waals surface area contributed by atoms with Gasteiger partial charge in [-0.3, -0.25) is 0 Å². The quantitative estimate of drug-likeness (QED) is 0.757. The summed E-state index contributed by atoms with van der Waals surface area (Å²) in [6, 6.07) is 1.99. The zero-order valence-electron chi connectivity index (χ0n) is 10.1. The third-order valence-electron chi connectivity index (χ3n) is 2.42. The van der Waals surface area contributed by atoms with E-state index < -0.39 is 45.4 Å². The number of sulfonamides is 1. The van der Waals surface area contributed by atoms with E-state index in [-0.39, 0.29) is 10.6 Å². The molecule has 11 heteroatoms. The maximum Gasteiger partial charge on any atom is 0.320 e. The number of aliphatic hydroxyl groups excluding tert-OH is 1. The van der Waals surface area contributed by atoms with Crippen molar-refractivity contribution in [1.82, 2.24) is 4.72 Å². The standard InChI is InChI=1S/C10H9Cl2F4NO3S/c11-6-1-2-7(8(12)5(6)3-18)21(19,20)17-4-10(15,16)9(13)14/h1-2,9,17-18H,3-4H2. The van der Waals surface area contributed by atoms with E-state index in [1.165, 1.54) is 4.72 Å². The molecule has 0 amide bonds. The van der Waals surface area contributed by atoms with Crippen molar-refractivity contribution in [3.8, 4) is 0 Å². The predicted octanol–water partition coefficient (Wildman–Crippen LogP) is 2.66. The second-order valence-electron chi connectivity index (χ2n) is 3.88. The van der Waals surface area contributed by atoms with Crippen LogP contribution in [0.25, 0.3) is 0 Å². The molecule has 120 valence electrons. The van der Waals surface area contributed by atoms with E-state index in [9.17, 15) is 26.0 Å². The van der Waals surface area contributed by atoms with Crippen LogP contribution in [0.1, 0.15) is 5.56 Å². The van der Waals surface area contributed by atoms with Gasteiger partial charge in [-0.15, -0.1) is 0 Å². The minimum atomic E-state index is -4.57. The summed E-state index contributed by atoms with van der Waals surface area (Å²) in [6.45, 7) is -2.48. The lowest BCUT2D eigenvalue weighted by atomic mass is 10.2. The third kappa shape index (κ3) is 4.19. The van der Waals surface area contributed by atoms with E-state index in [1.807, 2.05) is 0 Å². The van der Waals surface area contributed by atoms with Gasteiger partial charge in [0.15, 0.2) is 0 Å². The minimum Gasteiger partial charge on any atom is -0.392 e. The third-order valence-corrected chi connectivity index (χ3v) is 4.76. The van der Waals surface area contributed by atoms with Crippen LogP contribution >= 0.6 is 23.2 Å². The summed E-state index contributed by atoms with van der Waals surface area (Å²) in [4.78, 5) is -0.650. The number of nitrogens with one attached hydrogen (secondary N) is 1. The number of halogens is 6. The van der Waals surface area contributed by atoms with Crippen molar-refractivity contribution < 1.29 is 31.1 Å². The number of hydrogen-bond acceptors (Lipinski definition) is 3. The van der Waals surface area contributed by atoms with Gasteiger partial charge in [-0.1, -0.05) is 23.2 Å². The lowest BCUT2D eigenvalue weighted by Crippen LogP contribution is -2.41. The van der Waals surface area contributed by atoms with Gasteiger partial charge in [0.25, 0.3) is 0 Å². The van der Waals surface area contributed by atoms with E-state index >= 15 is 0 Å². The molecule has 2 N–H and O–H groups in total. The molecular formula is C10H9Cl2F4NO3S. The SMILES string of the molecule is O=S(=O)(NCC(F)(F)C(F)F)c1ccc(Cl)c(CO)c1Cl. The summed E-state index contributed by atoms with van der Waals surface area (Å²) in [5, 5.41) is 8.52. The van der Waals surface area contributed by atoms with E-state index in [4.69, 9.17) is 28.3 Å². The van der Waals surface area contributed by atoms with Crippen LogP contribution in [0.5, 0.6) is 0 Å². The minimum absolute atomic E-state index is 0.0284. The normalized spacial score (nSPS) is 13.0. The van der Waals surface area contributed by atoms with Gasteiger partial charge in [0, 0.05) is 10.6 Å². The van der Waals surface area contributed by atoms with Crippen molar-refractivity contribution in [2.45, 2.75) is 23.9 Å². The fraction of sp³-hybridized carbons (Fsp3) is 0.400. The summed E-state index contributed by atoms with van der Waals surface area (Å²) >= 11 is 11.4. The highest BCUT2D eigenvalue weighted by Gasteiger charge is 2.41. The van der Waals surface area contributed by atoms with Gasteiger partial charge in [0.05, 0.1) is 18.2 Å². The second kappa shape index (κ2) is 6.66. The molecule has 0 radical (unpaired) electrons. The molecule has 1 rings (SSSR count). The predicted molar refractivity (Wildman–Crippen MR) is 68.5 cm³/mol. The van der Waals surface area contributed by atoms with Crippen LogP contribution in [0.2, 0.25) is 10.0 Å². The molecule has 21 heavy (non-hydrogen) atoms. The molecule has 0 spiro atoms. The number of benzene rings is 1. The first-order valence-corrected chi connectivity index (χ1v) is 7.50. The zero-order valence-corrected chi connectivity index (χ0v) is 12.4. The molecule has 0 aliphatic rings. The Morgan fingerprint density at radius 2 is 1.86 bits per heavy atom. The van der Waals surface area contributed by atoms with Gasteiger partial charge in [0.2, 0.25) is 10.0 Å². The highest BCUT2D eigenvalue weighted by atomic mass is 35.5. The molecule has 0 bridgehead atoms. The molecule has 0 aromatic heterocycles. The Hall–Kier alpha value is -0.610. The molecule has 0 heterocycles. The Kier molecular flexibility index (Phi) is 5.84. The summed E-state index contributed by atoms with van der Waals surface area (Å²) in [6.07, 6.45) is -4.02. The Bertz CT molecular complexity index is 625. The van der Waals surface area contributed by atoms with Crippen molar-refractivity contribution in [2.75, 3.05) is 6.54 Å². The highest BCUT2D eigenvalue weighted by Crippen LogP contribution is 2.31. The monoisotopic (exact) mass is 369 g/mol. The van der Waals surface area contributed by atoms with Crippen molar-refractivity contribution in [1.29, 1.82) is 0 Å². The fourth-order valence-corrected chi connectivity index (χ4v) is 3.21. The Morgan fingerprint density at radius 1 is 1.29 bits per heavy atom. The smallest absolute Gasteiger partial charge is 0.320 e. The topological polar surface area (TPSA) is 66.4 Å². The van der Waals surface area contributed by atoms with Gasteiger partial charge in [-0.2, -0.15) is 8.78 Å². The summed E-state index contributed by atoms with van der Waals surface area (Å²) in [5.41, 5.74) is -0.123. The van der Waals surface area contributed by atoms with E-state index in [0.717, 1.165) is 12.1 Å². The van der Waals surface area contributed by atoms with Gasteiger partial charge >= 0.3 is 12.3 Å². The maximum atomic E-state index is 12.7. The Labute approximate surface area is 127 Å². The number of hydrogen-bond donors (Lipinski definition) is 2. The fourth-order valence-electron chi connectivity index (χ4n) is 1.27. The molecular weight excluding hydrogens is 361 g/mol. The maximum absolute atomic E-state index is 12.7. The summed E-state index contributed by atoms with van der Waals surface area (Å²) in [5.74, 6) is -4.52. The van der Waals surface area contributed by atoms with E-state index in [2.05, 4.69) is 0 Å². The van der Waals surface area contributed by atoms with Gasteiger partial charge in [-0.25, -0.2) is 21.9 Å². The first kappa shape index (κ1) is 18.4. The van der Waals surface area contributed by atoms with Crippen molar-refractivity contribution in [3.05, 3.63) is 27.7 Å². The van der Waals surface area contributed by atoms with Crippen LogP contribution in [0.15, 0.2) is 17.0 Å². The van der Waals surface area contributed by atoms with Gasteiger partial charge in [0.1, 0.15) is 4.90 Å². The largest absolute Gasteiger partial charge is 0.392 e. The first-order valence-electron chi connectivity index (χ1n) is 5.26. The lowest BCUT2D eigenvalue weighted by Gasteiger charge is -2.17. The van der Waals surface area contributed by atoms with Crippen molar-refractivity contribution in [2.24, 2.45) is 0 Å².